The highest BCUT2D eigenvalue weighted by atomic mass is 35.5. The number of rotatable bonds is 6. The number of nitro groups is 1. The maximum atomic E-state index is 12.5. The van der Waals surface area contributed by atoms with E-state index in [-0.39, 0.29) is 21.6 Å². The van der Waals surface area contributed by atoms with Gasteiger partial charge in [-0.2, -0.15) is 0 Å². The van der Waals surface area contributed by atoms with Gasteiger partial charge in [-0.3, -0.25) is 14.8 Å². The number of anilines is 1. The Bertz CT molecular complexity index is 1160. The van der Waals surface area contributed by atoms with Crippen molar-refractivity contribution in [2.75, 3.05) is 4.72 Å². The van der Waals surface area contributed by atoms with E-state index in [2.05, 4.69) is 14.7 Å². The number of sulfonamides is 1. The van der Waals surface area contributed by atoms with E-state index < -0.39 is 20.6 Å². The summed E-state index contributed by atoms with van der Waals surface area (Å²) in [4.78, 5) is 18.3. The van der Waals surface area contributed by atoms with Gasteiger partial charge >= 0.3 is 6.01 Å². The zero-order valence-electron chi connectivity index (χ0n) is 15.3. The number of nitrogens with zero attached hydrogens (tertiary/aromatic N) is 3. The minimum atomic E-state index is -4.05. The van der Waals surface area contributed by atoms with Crippen LogP contribution in [-0.2, 0) is 10.0 Å². The second-order valence-corrected chi connectivity index (χ2v) is 8.13. The molecule has 150 valence electrons. The average molecular weight is 435 g/mol. The van der Waals surface area contributed by atoms with Crippen molar-refractivity contribution in [2.45, 2.75) is 18.7 Å². The summed E-state index contributed by atoms with van der Waals surface area (Å²) in [6.07, 6.45) is 0. The molecule has 0 spiro atoms. The van der Waals surface area contributed by atoms with E-state index in [9.17, 15) is 18.5 Å². The Morgan fingerprint density at radius 1 is 1.03 bits per heavy atom. The number of aromatic nitrogens is 2. The van der Waals surface area contributed by atoms with Gasteiger partial charge in [-0.15, -0.1) is 0 Å². The predicted molar refractivity (Wildman–Crippen MR) is 107 cm³/mol. The van der Waals surface area contributed by atoms with Crippen molar-refractivity contribution >= 4 is 33.0 Å². The molecular formula is C18H15ClN4O5S. The van der Waals surface area contributed by atoms with Crippen LogP contribution in [0, 0.1) is 24.0 Å². The molecule has 3 aromatic rings. The molecule has 0 radical (unpaired) electrons. The minimum absolute atomic E-state index is 0.149. The van der Waals surface area contributed by atoms with Gasteiger partial charge in [-0.25, -0.2) is 18.4 Å². The monoisotopic (exact) mass is 434 g/mol. The predicted octanol–water partition coefficient (Wildman–Crippen LogP) is 4.25. The molecular weight excluding hydrogens is 420 g/mol. The highest BCUT2D eigenvalue weighted by molar-refractivity contribution is 7.92. The lowest BCUT2D eigenvalue weighted by atomic mass is 10.3. The van der Waals surface area contributed by atoms with Crippen LogP contribution in [0.25, 0.3) is 0 Å². The second kappa shape index (κ2) is 8.02. The fraction of sp³-hybridized carbons (Fsp3) is 0.111. The molecule has 1 heterocycles. The van der Waals surface area contributed by atoms with Gasteiger partial charge in [0.1, 0.15) is 10.8 Å². The lowest BCUT2D eigenvalue weighted by molar-refractivity contribution is -0.384. The van der Waals surface area contributed by atoms with E-state index in [1.165, 1.54) is 18.2 Å². The lowest BCUT2D eigenvalue weighted by Crippen LogP contribution is -2.13. The molecule has 29 heavy (non-hydrogen) atoms. The van der Waals surface area contributed by atoms with Crippen molar-refractivity contribution in [2.24, 2.45) is 0 Å². The summed E-state index contributed by atoms with van der Waals surface area (Å²) >= 11 is 5.72. The number of hydrogen-bond acceptors (Lipinski definition) is 7. The normalized spacial score (nSPS) is 11.1. The van der Waals surface area contributed by atoms with Crippen LogP contribution in [0.3, 0.4) is 0 Å². The number of benzene rings is 2. The number of halogens is 1. The SMILES string of the molecule is Cc1cc(C)nc(Oc2ccc(NS(=O)(=O)c3ccc(Cl)c([N+](=O)[O-])c3)cc2)n1. The molecule has 0 aliphatic heterocycles. The fourth-order valence-corrected chi connectivity index (χ4v) is 3.71. The lowest BCUT2D eigenvalue weighted by Gasteiger charge is -2.10. The fourth-order valence-electron chi connectivity index (χ4n) is 2.45. The smallest absolute Gasteiger partial charge is 0.322 e. The minimum Gasteiger partial charge on any atom is -0.424 e. The average Bonchev–Trinajstić information content (AvgIpc) is 2.62. The largest absolute Gasteiger partial charge is 0.424 e. The van der Waals surface area contributed by atoms with E-state index in [0.29, 0.717) is 5.75 Å². The van der Waals surface area contributed by atoms with Gasteiger partial charge in [-0.05, 0) is 56.3 Å². The third kappa shape index (κ3) is 4.98. The zero-order chi connectivity index (χ0) is 21.2. The molecule has 9 nitrogen and oxygen atoms in total. The summed E-state index contributed by atoms with van der Waals surface area (Å²) in [5, 5.41) is 10.8. The second-order valence-electron chi connectivity index (χ2n) is 6.04. The number of ether oxygens (including phenoxy) is 1. The molecule has 0 unspecified atom stereocenters. The van der Waals surface area contributed by atoms with Crippen LogP contribution in [0.15, 0.2) is 53.4 Å². The van der Waals surface area contributed by atoms with Crippen LogP contribution in [-0.4, -0.2) is 23.3 Å². The number of nitro benzene ring substituents is 1. The first-order chi connectivity index (χ1) is 13.6. The van der Waals surface area contributed by atoms with E-state index in [0.717, 1.165) is 23.5 Å². The molecule has 3 rings (SSSR count). The van der Waals surface area contributed by atoms with Crippen molar-refractivity contribution in [3.63, 3.8) is 0 Å². The Morgan fingerprint density at radius 3 is 2.24 bits per heavy atom. The van der Waals surface area contributed by atoms with Crippen LogP contribution in [0.1, 0.15) is 11.4 Å². The molecule has 1 N–H and O–H groups in total. The quantitative estimate of drug-likeness (QED) is 0.454. The maximum Gasteiger partial charge on any atom is 0.322 e. The summed E-state index contributed by atoms with van der Waals surface area (Å²) in [7, 11) is -4.05. The molecule has 0 bridgehead atoms. The maximum absolute atomic E-state index is 12.5. The van der Waals surface area contributed by atoms with E-state index >= 15 is 0 Å². The van der Waals surface area contributed by atoms with Gasteiger partial charge in [0.25, 0.3) is 15.7 Å². The summed E-state index contributed by atoms with van der Waals surface area (Å²) in [5.41, 5.74) is 1.27. The summed E-state index contributed by atoms with van der Waals surface area (Å²) in [6, 6.07) is 11.3. The van der Waals surface area contributed by atoms with Crippen LogP contribution in [0.4, 0.5) is 11.4 Å². The first-order valence-electron chi connectivity index (χ1n) is 8.21. The van der Waals surface area contributed by atoms with Crippen LogP contribution in [0.5, 0.6) is 11.8 Å². The molecule has 0 amide bonds. The van der Waals surface area contributed by atoms with Gasteiger partial charge in [0.2, 0.25) is 0 Å². The molecule has 0 aliphatic carbocycles. The molecule has 0 atom stereocenters. The molecule has 0 saturated carbocycles. The molecule has 0 saturated heterocycles. The molecule has 0 aliphatic rings. The first-order valence-corrected chi connectivity index (χ1v) is 10.1. The van der Waals surface area contributed by atoms with Crippen molar-refractivity contribution in [1.82, 2.24) is 9.97 Å². The summed E-state index contributed by atoms with van der Waals surface area (Å²) in [6.45, 7) is 3.64. The zero-order valence-corrected chi connectivity index (χ0v) is 16.9. The third-order valence-corrected chi connectivity index (χ3v) is 5.40. The topological polar surface area (TPSA) is 124 Å². The Morgan fingerprint density at radius 2 is 1.66 bits per heavy atom. The molecule has 2 aromatic carbocycles. The van der Waals surface area contributed by atoms with Crippen molar-refractivity contribution < 1.29 is 18.1 Å². The van der Waals surface area contributed by atoms with Gasteiger partial charge in [0, 0.05) is 23.1 Å². The number of aryl methyl sites for hydroxylation is 2. The van der Waals surface area contributed by atoms with Gasteiger partial charge in [0.05, 0.1) is 9.82 Å². The number of nitrogens with one attached hydrogen (secondary N) is 1. The molecule has 11 heteroatoms. The molecule has 0 fully saturated rings. The van der Waals surface area contributed by atoms with Crippen molar-refractivity contribution in [3.8, 4) is 11.8 Å². The first kappa shape index (κ1) is 20.5. The van der Waals surface area contributed by atoms with Gasteiger partial charge in [0.15, 0.2) is 0 Å². The van der Waals surface area contributed by atoms with Crippen LogP contribution in [0.2, 0.25) is 5.02 Å². The Hall–Kier alpha value is -3.24. The van der Waals surface area contributed by atoms with Crippen LogP contribution < -0.4 is 9.46 Å². The van der Waals surface area contributed by atoms with Crippen molar-refractivity contribution in [3.05, 3.63) is 75.1 Å². The van der Waals surface area contributed by atoms with E-state index in [1.54, 1.807) is 12.1 Å². The standard InChI is InChI=1S/C18H15ClN4O5S/c1-11-9-12(2)21-18(20-11)28-14-5-3-13(4-6-14)22-29(26,27)15-7-8-16(19)17(10-15)23(24)25/h3-10,22H,1-2H3. The van der Waals surface area contributed by atoms with E-state index in [1.807, 2.05) is 19.9 Å². The summed E-state index contributed by atoms with van der Waals surface area (Å²) < 4.78 is 32.9. The molecule has 1 aromatic heterocycles. The van der Waals surface area contributed by atoms with Gasteiger partial charge in [-0.1, -0.05) is 11.6 Å². The Labute approximate surface area is 171 Å². The van der Waals surface area contributed by atoms with Crippen molar-refractivity contribution in [1.29, 1.82) is 0 Å². The Balaban J connectivity index is 1.78. The van der Waals surface area contributed by atoms with E-state index in [4.69, 9.17) is 16.3 Å². The highest BCUT2D eigenvalue weighted by Crippen LogP contribution is 2.28. The Kier molecular flexibility index (Phi) is 5.66. The highest BCUT2D eigenvalue weighted by Gasteiger charge is 2.20. The number of hydrogen-bond donors (Lipinski definition) is 1. The summed E-state index contributed by atoms with van der Waals surface area (Å²) in [5.74, 6) is 0.417. The van der Waals surface area contributed by atoms with Crippen LogP contribution >= 0.6 is 11.6 Å². The van der Waals surface area contributed by atoms with Gasteiger partial charge < -0.3 is 4.74 Å². The third-order valence-electron chi connectivity index (χ3n) is 3.70.